The lowest BCUT2D eigenvalue weighted by atomic mass is 9.97. The molecule has 0 fully saturated rings. The van der Waals surface area contributed by atoms with Crippen LogP contribution >= 0.6 is 23.1 Å². The zero-order valence-corrected chi connectivity index (χ0v) is 20.1. The van der Waals surface area contributed by atoms with E-state index in [1.165, 1.54) is 29.2 Å². The molecule has 162 valence electrons. The lowest BCUT2D eigenvalue weighted by Crippen LogP contribution is -2.12. The Bertz CT molecular complexity index is 1380. The number of nitrogens with two attached hydrogens (primary N) is 2. The first-order valence-corrected chi connectivity index (χ1v) is 14.2. The van der Waals surface area contributed by atoms with Crippen molar-refractivity contribution >= 4 is 67.7 Å². The van der Waals surface area contributed by atoms with E-state index in [0.717, 1.165) is 5.46 Å². The summed E-state index contributed by atoms with van der Waals surface area (Å²) in [6.45, 7) is 0. The third-order valence-electron chi connectivity index (χ3n) is 4.34. The molecule has 0 spiro atoms. The minimum atomic E-state index is -4.18. The van der Waals surface area contributed by atoms with Crippen LogP contribution in [0.3, 0.4) is 0 Å². The number of nitrogen functional groups attached to an aromatic ring is 2. The highest BCUT2D eigenvalue weighted by atomic mass is 32.3. The predicted molar refractivity (Wildman–Crippen MR) is 132 cm³/mol. The van der Waals surface area contributed by atoms with Crippen LogP contribution in [0.15, 0.2) is 72.4 Å². The molecule has 0 aliphatic rings. The number of sulfonamides is 1. The van der Waals surface area contributed by atoms with Crippen molar-refractivity contribution < 1.29 is 12.6 Å². The van der Waals surface area contributed by atoms with Crippen LogP contribution in [0.2, 0.25) is 0 Å². The number of hydrogen-bond donors (Lipinski definition) is 3. The first-order valence-electron chi connectivity index (χ1n) is 8.99. The minimum absolute atomic E-state index is 0.183. The molecular weight excluding hydrogens is 471 g/mol. The van der Waals surface area contributed by atoms with E-state index in [9.17, 15) is 12.6 Å². The summed E-state index contributed by atoms with van der Waals surface area (Å²) < 4.78 is 45.0. The van der Waals surface area contributed by atoms with Crippen molar-refractivity contribution in [2.24, 2.45) is 9.50 Å². The van der Waals surface area contributed by atoms with Gasteiger partial charge in [-0.1, -0.05) is 41.9 Å². The summed E-state index contributed by atoms with van der Waals surface area (Å²) in [7, 11) is -5.94. The number of nitrogens with zero attached hydrogens (tertiary/aromatic N) is 1. The van der Waals surface area contributed by atoms with E-state index in [2.05, 4.69) is 3.77 Å². The Labute approximate surface area is 191 Å². The van der Waals surface area contributed by atoms with Crippen molar-refractivity contribution in [1.82, 2.24) is 0 Å². The molecule has 0 saturated heterocycles. The fourth-order valence-corrected chi connectivity index (χ4v) is 9.69. The fraction of sp³-hybridized carbons (Fsp3) is 0.105. The molecule has 0 saturated carbocycles. The van der Waals surface area contributed by atoms with Gasteiger partial charge in [0.25, 0.3) is 10.0 Å². The highest BCUT2D eigenvalue weighted by molar-refractivity contribution is 8.04. The van der Waals surface area contributed by atoms with Crippen molar-refractivity contribution in [1.29, 1.82) is 5.41 Å². The molecular formula is C19H21BN4O3S4. The summed E-state index contributed by atoms with van der Waals surface area (Å²) in [6, 6.07) is 14.9. The SMILES string of the molecule is Bc1cccc(S(=O)(=NS(=O)(=O)Cc2ccccc2N)c2cc(C(=N)N)sc2SC)c1. The summed E-state index contributed by atoms with van der Waals surface area (Å²) in [6.07, 6.45) is 1.79. The van der Waals surface area contributed by atoms with Crippen molar-refractivity contribution in [2.45, 2.75) is 19.8 Å². The molecule has 0 aliphatic carbocycles. The monoisotopic (exact) mass is 492 g/mol. The van der Waals surface area contributed by atoms with Gasteiger partial charge in [-0.15, -0.1) is 26.9 Å². The topological polar surface area (TPSA) is 139 Å². The number of thioether (sulfide) groups is 1. The number of rotatable bonds is 7. The van der Waals surface area contributed by atoms with Crippen LogP contribution in [0.4, 0.5) is 5.69 Å². The van der Waals surface area contributed by atoms with E-state index in [1.807, 2.05) is 13.9 Å². The van der Waals surface area contributed by atoms with Gasteiger partial charge in [0.1, 0.15) is 23.4 Å². The molecule has 31 heavy (non-hydrogen) atoms. The lowest BCUT2D eigenvalue weighted by Gasteiger charge is -2.12. The summed E-state index contributed by atoms with van der Waals surface area (Å²) in [5, 5.41) is 7.74. The van der Waals surface area contributed by atoms with Gasteiger partial charge in [-0.3, -0.25) is 5.41 Å². The quantitative estimate of drug-likeness (QED) is 0.152. The largest absolute Gasteiger partial charge is 0.398 e. The van der Waals surface area contributed by atoms with E-state index in [4.69, 9.17) is 16.9 Å². The average Bonchev–Trinajstić information content (AvgIpc) is 3.15. The molecule has 3 aromatic rings. The Morgan fingerprint density at radius 2 is 1.87 bits per heavy atom. The summed E-state index contributed by atoms with van der Waals surface area (Å²) >= 11 is 2.49. The van der Waals surface area contributed by atoms with Gasteiger partial charge in [0, 0.05) is 5.69 Å². The summed E-state index contributed by atoms with van der Waals surface area (Å²) in [5.74, 6) is -0.654. The maximum Gasteiger partial charge on any atom is 0.265 e. The van der Waals surface area contributed by atoms with Crippen LogP contribution in [-0.2, 0) is 25.5 Å². The fourth-order valence-electron chi connectivity index (χ4n) is 2.87. The third-order valence-corrected chi connectivity index (χ3v) is 11.1. The Kier molecular flexibility index (Phi) is 6.84. The van der Waals surface area contributed by atoms with Gasteiger partial charge in [0.15, 0.2) is 0 Å². The van der Waals surface area contributed by atoms with Crippen LogP contribution in [0.5, 0.6) is 0 Å². The zero-order chi connectivity index (χ0) is 22.8. The normalized spacial score (nSPS) is 13.5. The van der Waals surface area contributed by atoms with Gasteiger partial charge < -0.3 is 11.5 Å². The van der Waals surface area contributed by atoms with E-state index in [-0.39, 0.29) is 15.6 Å². The number of benzene rings is 2. The van der Waals surface area contributed by atoms with Crippen LogP contribution in [0.25, 0.3) is 0 Å². The number of para-hydroxylation sites is 1. The van der Waals surface area contributed by atoms with Crippen molar-refractivity contribution in [3.05, 3.63) is 65.0 Å². The van der Waals surface area contributed by atoms with E-state index in [0.29, 0.717) is 20.3 Å². The number of thiophene rings is 1. The standard InChI is InChI=1S/C19H21BN4O3S4/c1-28-19-17(10-16(29-19)18(22)23)31(27,14-7-4-6-13(20)9-14)24-30(25,26)11-12-5-2-3-8-15(12)21/h2-10H,11,20-21H2,1H3,(H3,22,23). The zero-order valence-electron chi connectivity index (χ0n) is 16.9. The van der Waals surface area contributed by atoms with Crippen LogP contribution in [0.1, 0.15) is 10.4 Å². The van der Waals surface area contributed by atoms with Crippen molar-refractivity contribution in [2.75, 3.05) is 12.0 Å². The second-order valence-electron chi connectivity index (χ2n) is 6.72. The number of nitrogens with one attached hydrogen (secondary N) is 1. The van der Waals surface area contributed by atoms with Crippen LogP contribution in [0, 0.1) is 5.41 Å². The molecule has 1 unspecified atom stereocenters. The smallest absolute Gasteiger partial charge is 0.265 e. The first kappa shape index (κ1) is 23.4. The molecule has 3 rings (SSSR count). The van der Waals surface area contributed by atoms with Crippen LogP contribution in [-0.4, -0.2) is 32.6 Å². The molecule has 7 nitrogen and oxygen atoms in total. The maximum atomic E-state index is 14.4. The molecule has 12 heteroatoms. The van der Waals surface area contributed by atoms with E-state index >= 15 is 0 Å². The molecule has 0 amide bonds. The second kappa shape index (κ2) is 9.07. The van der Waals surface area contributed by atoms with Gasteiger partial charge in [-0.2, -0.15) is 0 Å². The maximum absolute atomic E-state index is 14.4. The molecule has 1 heterocycles. The molecule has 0 bridgehead atoms. The van der Waals surface area contributed by atoms with Gasteiger partial charge in [-0.25, -0.2) is 12.6 Å². The number of amidine groups is 1. The summed E-state index contributed by atoms with van der Waals surface area (Å²) in [4.78, 5) is 0.922. The van der Waals surface area contributed by atoms with Gasteiger partial charge in [0.2, 0.25) is 0 Å². The van der Waals surface area contributed by atoms with E-state index < -0.39 is 25.5 Å². The van der Waals surface area contributed by atoms with Crippen LogP contribution < -0.4 is 16.9 Å². The second-order valence-corrected chi connectivity index (χ2v) is 12.9. The highest BCUT2D eigenvalue weighted by Crippen LogP contribution is 2.38. The average molecular weight is 492 g/mol. The Morgan fingerprint density at radius 1 is 1.16 bits per heavy atom. The highest BCUT2D eigenvalue weighted by Gasteiger charge is 2.27. The first-order chi connectivity index (χ1) is 14.6. The minimum Gasteiger partial charge on any atom is -0.398 e. The molecule has 2 aromatic carbocycles. The van der Waals surface area contributed by atoms with Gasteiger partial charge in [-0.05, 0) is 30.0 Å². The van der Waals surface area contributed by atoms with E-state index in [1.54, 1.807) is 48.7 Å². The Balaban J connectivity index is 2.29. The van der Waals surface area contributed by atoms with Crippen molar-refractivity contribution in [3.63, 3.8) is 0 Å². The molecule has 5 N–H and O–H groups in total. The third kappa shape index (κ3) is 5.14. The number of hydrogen-bond acceptors (Lipinski definition) is 7. The Hall–Kier alpha value is -2.28. The molecule has 0 aliphatic heterocycles. The molecule has 0 radical (unpaired) electrons. The van der Waals surface area contributed by atoms with Crippen molar-refractivity contribution in [3.8, 4) is 0 Å². The lowest BCUT2D eigenvalue weighted by molar-refractivity contribution is 0.597. The molecule has 1 aromatic heterocycles. The van der Waals surface area contributed by atoms with Gasteiger partial charge >= 0.3 is 0 Å². The Morgan fingerprint density at radius 3 is 2.48 bits per heavy atom. The molecule has 1 atom stereocenters. The van der Waals surface area contributed by atoms with Gasteiger partial charge in [0.05, 0.1) is 24.6 Å². The predicted octanol–water partition coefficient (Wildman–Crippen LogP) is 2.01. The summed E-state index contributed by atoms with van der Waals surface area (Å²) in [5.41, 5.74) is 13.1. The number of anilines is 1.